The summed E-state index contributed by atoms with van der Waals surface area (Å²) in [6, 6.07) is 29.9. The van der Waals surface area contributed by atoms with Crippen molar-refractivity contribution in [2.24, 2.45) is 0 Å². The van der Waals surface area contributed by atoms with Crippen LogP contribution in [-0.4, -0.2) is 28.0 Å². The number of fused-ring (bicyclic) bond motifs is 1. The lowest BCUT2D eigenvalue weighted by Crippen LogP contribution is -2.11. The molecule has 7 nitrogen and oxygen atoms in total. The van der Waals surface area contributed by atoms with E-state index in [1.54, 1.807) is 42.2 Å². The number of carbonyl (C=O) groups is 1. The van der Waals surface area contributed by atoms with Crippen LogP contribution in [0, 0.1) is 0 Å². The number of aromatic nitrogens is 3. The summed E-state index contributed by atoms with van der Waals surface area (Å²) in [5.41, 5.74) is 4.49. The van der Waals surface area contributed by atoms with Gasteiger partial charge in [0.05, 0.1) is 12.8 Å². The van der Waals surface area contributed by atoms with E-state index in [-0.39, 0.29) is 5.91 Å². The first-order valence-electron chi connectivity index (χ1n) is 10.8. The summed E-state index contributed by atoms with van der Waals surface area (Å²) in [5, 5.41) is 12.0. The quantitative estimate of drug-likeness (QED) is 0.366. The van der Waals surface area contributed by atoms with Gasteiger partial charge in [0, 0.05) is 11.3 Å². The molecule has 0 atom stereocenters. The van der Waals surface area contributed by atoms with Gasteiger partial charge in [-0.3, -0.25) is 4.79 Å². The number of hydrogen-bond acceptors (Lipinski definition) is 5. The maximum atomic E-state index is 12.7. The largest absolute Gasteiger partial charge is 0.497 e. The van der Waals surface area contributed by atoms with E-state index in [1.807, 2.05) is 66.7 Å². The van der Waals surface area contributed by atoms with Crippen molar-refractivity contribution in [1.29, 1.82) is 0 Å². The van der Waals surface area contributed by atoms with Gasteiger partial charge in [-0.15, -0.1) is 10.2 Å². The molecular formula is C27H22N4O3. The molecule has 0 unspecified atom stereocenters. The minimum atomic E-state index is -0.212. The molecule has 0 fully saturated rings. The van der Waals surface area contributed by atoms with Gasteiger partial charge in [0.2, 0.25) is 0 Å². The Hall–Kier alpha value is -4.65. The zero-order chi connectivity index (χ0) is 23.3. The number of ether oxygens (including phenoxy) is 2. The Balaban J connectivity index is 1.25. The van der Waals surface area contributed by atoms with Crippen LogP contribution in [-0.2, 0) is 6.61 Å². The lowest BCUT2D eigenvalue weighted by molar-refractivity contribution is 0.102. The number of rotatable bonds is 7. The Morgan fingerprint density at radius 1 is 0.824 bits per heavy atom. The third kappa shape index (κ3) is 4.73. The van der Waals surface area contributed by atoms with Gasteiger partial charge in [0.1, 0.15) is 29.1 Å². The van der Waals surface area contributed by atoms with Crippen LogP contribution in [0.5, 0.6) is 11.5 Å². The molecule has 1 N–H and O–H groups in total. The smallest absolute Gasteiger partial charge is 0.255 e. The molecular weight excluding hydrogens is 428 g/mol. The van der Waals surface area contributed by atoms with Crippen molar-refractivity contribution in [3.8, 4) is 17.2 Å². The van der Waals surface area contributed by atoms with Crippen LogP contribution in [0.3, 0.4) is 0 Å². The molecule has 0 saturated carbocycles. The highest BCUT2D eigenvalue weighted by Crippen LogP contribution is 2.20. The highest BCUT2D eigenvalue weighted by molar-refractivity contribution is 6.05. The second kappa shape index (κ2) is 9.46. The van der Waals surface area contributed by atoms with Crippen LogP contribution in [0.1, 0.15) is 15.9 Å². The minimum absolute atomic E-state index is 0.212. The molecule has 34 heavy (non-hydrogen) atoms. The first-order valence-corrected chi connectivity index (χ1v) is 10.8. The van der Waals surface area contributed by atoms with Crippen molar-refractivity contribution in [2.75, 3.05) is 12.4 Å². The molecule has 0 saturated heterocycles. The molecule has 0 bridgehead atoms. The molecule has 168 valence electrons. The van der Waals surface area contributed by atoms with Crippen molar-refractivity contribution in [2.45, 2.75) is 6.61 Å². The Kier molecular flexibility index (Phi) is 5.90. The second-order valence-corrected chi connectivity index (χ2v) is 7.64. The summed E-state index contributed by atoms with van der Waals surface area (Å²) in [5.74, 6) is 1.26. The molecule has 7 heteroatoms. The number of amides is 1. The van der Waals surface area contributed by atoms with E-state index >= 15 is 0 Å². The fraction of sp³-hybridized carbons (Fsp3) is 0.0741. The number of anilines is 1. The normalized spacial score (nSPS) is 10.7. The highest BCUT2D eigenvalue weighted by Gasteiger charge is 2.10. The van der Waals surface area contributed by atoms with Gasteiger partial charge < -0.3 is 14.8 Å². The zero-order valence-corrected chi connectivity index (χ0v) is 18.5. The minimum Gasteiger partial charge on any atom is -0.497 e. The number of nitrogens with one attached hydrogen (secondary N) is 1. The van der Waals surface area contributed by atoms with E-state index in [0.29, 0.717) is 29.1 Å². The average molecular weight is 450 g/mol. The average Bonchev–Trinajstić information content (AvgIpc) is 3.32. The lowest BCUT2D eigenvalue weighted by atomic mass is 10.2. The van der Waals surface area contributed by atoms with Crippen molar-refractivity contribution >= 4 is 22.6 Å². The molecule has 1 amide bonds. The van der Waals surface area contributed by atoms with Gasteiger partial charge in [-0.2, -0.15) is 4.80 Å². The Morgan fingerprint density at radius 2 is 1.53 bits per heavy atom. The highest BCUT2D eigenvalue weighted by atomic mass is 16.5. The predicted molar refractivity (Wildman–Crippen MR) is 131 cm³/mol. The maximum absolute atomic E-state index is 12.7. The fourth-order valence-corrected chi connectivity index (χ4v) is 3.47. The first-order chi connectivity index (χ1) is 16.7. The summed E-state index contributed by atoms with van der Waals surface area (Å²) in [7, 11) is 1.62. The maximum Gasteiger partial charge on any atom is 0.255 e. The molecule has 0 aliphatic heterocycles. The molecule has 0 aliphatic carbocycles. The summed E-state index contributed by atoms with van der Waals surface area (Å²) in [6.07, 6.45) is 0. The molecule has 1 aromatic heterocycles. The van der Waals surface area contributed by atoms with Crippen LogP contribution < -0.4 is 14.8 Å². The Morgan fingerprint density at radius 3 is 2.26 bits per heavy atom. The van der Waals surface area contributed by atoms with Crippen LogP contribution in [0.4, 0.5) is 5.69 Å². The van der Waals surface area contributed by atoms with E-state index < -0.39 is 0 Å². The van der Waals surface area contributed by atoms with Crippen LogP contribution in [0.15, 0.2) is 97.1 Å². The molecule has 5 rings (SSSR count). The molecule has 0 radical (unpaired) electrons. The van der Waals surface area contributed by atoms with E-state index in [0.717, 1.165) is 22.5 Å². The Bertz CT molecular complexity index is 1410. The molecule has 4 aromatic carbocycles. The third-order valence-corrected chi connectivity index (χ3v) is 5.31. The lowest BCUT2D eigenvalue weighted by Gasteiger charge is -2.08. The van der Waals surface area contributed by atoms with E-state index in [2.05, 4.69) is 15.5 Å². The summed E-state index contributed by atoms with van der Waals surface area (Å²) in [4.78, 5) is 14.3. The Labute approximate surface area is 196 Å². The van der Waals surface area contributed by atoms with Crippen molar-refractivity contribution in [3.05, 3.63) is 108 Å². The zero-order valence-electron chi connectivity index (χ0n) is 18.5. The van der Waals surface area contributed by atoms with Crippen molar-refractivity contribution in [1.82, 2.24) is 15.0 Å². The monoisotopic (exact) mass is 450 g/mol. The summed E-state index contributed by atoms with van der Waals surface area (Å²) in [6.45, 7) is 0.476. The molecule has 1 heterocycles. The topological polar surface area (TPSA) is 78.3 Å². The summed E-state index contributed by atoms with van der Waals surface area (Å²) < 4.78 is 11.0. The van der Waals surface area contributed by atoms with Crippen molar-refractivity contribution in [3.63, 3.8) is 0 Å². The summed E-state index contributed by atoms with van der Waals surface area (Å²) >= 11 is 0. The van der Waals surface area contributed by atoms with Gasteiger partial charge in [-0.1, -0.05) is 30.3 Å². The number of carbonyl (C=O) groups excluding carboxylic acids is 1. The van der Waals surface area contributed by atoms with Crippen LogP contribution in [0.25, 0.3) is 16.7 Å². The van der Waals surface area contributed by atoms with Gasteiger partial charge in [0.25, 0.3) is 5.91 Å². The van der Waals surface area contributed by atoms with E-state index in [9.17, 15) is 4.79 Å². The van der Waals surface area contributed by atoms with Crippen molar-refractivity contribution < 1.29 is 14.3 Å². The number of hydrogen-bond donors (Lipinski definition) is 1. The predicted octanol–water partition coefficient (Wildman–Crippen LogP) is 5.26. The number of methoxy groups -OCH3 is 1. The number of nitrogens with zero attached hydrogens (tertiary/aromatic N) is 3. The van der Waals surface area contributed by atoms with Gasteiger partial charge in [0.15, 0.2) is 0 Å². The number of benzene rings is 4. The van der Waals surface area contributed by atoms with Gasteiger partial charge >= 0.3 is 0 Å². The molecule has 5 aromatic rings. The fourth-order valence-electron chi connectivity index (χ4n) is 3.47. The van der Waals surface area contributed by atoms with Crippen LogP contribution in [0.2, 0.25) is 0 Å². The van der Waals surface area contributed by atoms with Crippen LogP contribution >= 0.6 is 0 Å². The third-order valence-electron chi connectivity index (χ3n) is 5.31. The van der Waals surface area contributed by atoms with Gasteiger partial charge in [-0.05, 0) is 72.3 Å². The van der Waals surface area contributed by atoms with E-state index in [4.69, 9.17) is 9.47 Å². The molecule has 0 aliphatic rings. The van der Waals surface area contributed by atoms with Gasteiger partial charge in [-0.25, -0.2) is 0 Å². The second-order valence-electron chi connectivity index (χ2n) is 7.64. The standard InChI is InChI=1S/C27H22N4O3/c1-33-23-14-10-22(11-15-23)31-29-25-16-9-21(17-26(25)30-31)28-27(32)20-7-12-24(13-8-20)34-18-19-5-3-2-4-6-19/h2-17H,18H2,1H3,(H,28,32). The van der Waals surface area contributed by atoms with E-state index in [1.165, 1.54) is 0 Å². The SMILES string of the molecule is COc1ccc(-n2nc3ccc(NC(=O)c4ccc(OCc5ccccc5)cc4)cc3n2)cc1. The first kappa shape index (κ1) is 21.2. The molecule has 0 spiro atoms.